The zero-order valence-electron chi connectivity index (χ0n) is 11.8. The van der Waals surface area contributed by atoms with Crippen LogP contribution in [0.25, 0.3) is 0 Å². The number of benzene rings is 1. The molecule has 0 aromatic heterocycles. The average molecular weight is 258 g/mol. The van der Waals surface area contributed by atoms with Crippen molar-refractivity contribution in [3.8, 4) is 0 Å². The summed E-state index contributed by atoms with van der Waals surface area (Å²) in [6.45, 7) is 9.36. The summed E-state index contributed by atoms with van der Waals surface area (Å²) in [6, 6.07) is 5.89. The van der Waals surface area contributed by atoms with Gasteiger partial charge in [-0.3, -0.25) is 4.79 Å². The smallest absolute Gasteiger partial charge is 0.255 e. The molecule has 102 valence electrons. The molecular formula is C16H22N2O. The number of amides is 1. The Kier molecular flexibility index (Phi) is 4.25. The lowest BCUT2D eigenvalue weighted by molar-refractivity contribution is 0.0758. The predicted molar refractivity (Wildman–Crippen MR) is 79.3 cm³/mol. The minimum Gasteiger partial charge on any atom is -0.362 e. The second-order valence-corrected chi connectivity index (χ2v) is 5.18. The minimum atomic E-state index is 0.113. The number of hydrogen-bond acceptors (Lipinski definition) is 2. The largest absolute Gasteiger partial charge is 0.362 e. The van der Waals surface area contributed by atoms with E-state index in [1.807, 2.05) is 36.9 Å². The predicted octanol–water partition coefficient (Wildman–Crippen LogP) is 3.42. The molecule has 0 atom stereocenters. The van der Waals surface area contributed by atoms with Crippen molar-refractivity contribution in [2.75, 3.05) is 18.4 Å². The molecule has 1 aliphatic rings. The van der Waals surface area contributed by atoms with Crippen LogP contribution >= 0.6 is 0 Å². The van der Waals surface area contributed by atoms with Crippen LogP contribution in [0.1, 0.15) is 35.7 Å². The second kappa shape index (κ2) is 5.91. The highest BCUT2D eigenvalue weighted by molar-refractivity contribution is 6.00. The van der Waals surface area contributed by atoms with Crippen LogP contribution in [0.3, 0.4) is 0 Å². The van der Waals surface area contributed by atoms with E-state index in [0.717, 1.165) is 29.9 Å². The molecule has 1 aliphatic carbocycles. The van der Waals surface area contributed by atoms with Gasteiger partial charge in [0.1, 0.15) is 0 Å². The van der Waals surface area contributed by atoms with E-state index in [4.69, 9.17) is 0 Å². The number of anilines is 1. The van der Waals surface area contributed by atoms with Gasteiger partial charge in [-0.2, -0.15) is 0 Å². The van der Waals surface area contributed by atoms with Gasteiger partial charge in [0, 0.05) is 13.1 Å². The Hall–Kier alpha value is -1.77. The molecule has 0 unspecified atom stereocenters. The molecule has 3 heteroatoms. The van der Waals surface area contributed by atoms with Gasteiger partial charge in [0.2, 0.25) is 0 Å². The van der Waals surface area contributed by atoms with E-state index in [9.17, 15) is 4.79 Å². The Morgan fingerprint density at radius 3 is 2.84 bits per heavy atom. The van der Waals surface area contributed by atoms with Crippen LogP contribution in [0.4, 0.5) is 5.69 Å². The van der Waals surface area contributed by atoms with Gasteiger partial charge < -0.3 is 10.2 Å². The van der Waals surface area contributed by atoms with E-state index in [-0.39, 0.29) is 5.91 Å². The fourth-order valence-corrected chi connectivity index (χ4v) is 2.21. The Morgan fingerprint density at radius 1 is 1.53 bits per heavy atom. The van der Waals surface area contributed by atoms with Gasteiger partial charge in [-0.15, -0.1) is 0 Å². The zero-order valence-corrected chi connectivity index (χ0v) is 11.8. The lowest BCUT2D eigenvalue weighted by Crippen LogP contribution is -2.33. The highest BCUT2D eigenvalue weighted by Crippen LogP contribution is 2.30. The molecule has 2 rings (SSSR count). The molecule has 1 fully saturated rings. The van der Waals surface area contributed by atoms with Crippen molar-refractivity contribution >= 4 is 11.6 Å². The SMILES string of the molecule is C=CNc1ccc(C)cc1C(=O)N(CC)CC1CC1. The van der Waals surface area contributed by atoms with Gasteiger partial charge in [-0.25, -0.2) is 0 Å². The number of rotatable bonds is 6. The summed E-state index contributed by atoms with van der Waals surface area (Å²) in [4.78, 5) is 14.6. The van der Waals surface area contributed by atoms with E-state index in [1.165, 1.54) is 12.8 Å². The van der Waals surface area contributed by atoms with Crippen molar-refractivity contribution in [1.29, 1.82) is 0 Å². The maximum Gasteiger partial charge on any atom is 0.255 e. The average Bonchev–Trinajstić information content (AvgIpc) is 3.21. The van der Waals surface area contributed by atoms with E-state index in [0.29, 0.717) is 5.92 Å². The summed E-state index contributed by atoms with van der Waals surface area (Å²) in [5.41, 5.74) is 2.67. The number of hydrogen-bond donors (Lipinski definition) is 1. The van der Waals surface area contributed by atoms with Gasteiger partial charge in [-0.05, 0) is 50.9 Å². The number of carbonyl (C=O) groups is 1. The highest BCUT2D eigenvalue weighted by atomic mass is 16.2. The minimum absolute atomic E-state index is 0.113. The quantitative estimate of drug-likeness (QED) is 0.848. The lowest BCUT2D eigenvalue weighted by atomic mass is 10.1. The first kappa shape index (κ1) is 13.7. The summed E-state index contributed by atoms with van der Waals surface area (Å²) >= 11 is 0. The molecule has 1 amide bonds. The third-order valence-electron chi connectivity index (χ3n) is 3.51. The van der Waals surface area contributed by atoms with E-state index >= 15 is 0 Å². The molecule has 1 N–H and O–H groups in total. The first-order chi connectivity index (χ1) is 9.15. The maximum absolute atomic E-state index is 12.6. The fraction of sp³-hybridized carbons (Fsp3) is 0.438. The monoisotopic (exact) mass is 258 g/mol. The van der Waals surface area contributed by atoms with Gasteiger partial charge >= 0.3 is 0 Å². The number of nitrogens with one attached hydrogen (secondary N) is 1. The second-order valence-electron chi connectivity index (χ2n) is 5.18. The zero-order chi connectivity index (χ0) is 13.8. The molecule has 0 heterocycles. The first-order valence-electron chi connectivity index (χ1n) is 6.93. The summed E-state index contributed by atoms with van der Waals surface area (Å²) in [6.07, 6.45) is 4.13. The molecule has 1 saturated carbocycles. The van der Waals surface area contributed by atoms with E-state index < -0.39 is 0 Å². The number of nitrogens with zero attached hydrogens (tertiary/aromatic N) is 1. The highest BCUT2D eigenvalue weighted by Gasteiger charge is 2.27. The third-order valence-corrected chi connectivity index (χ3v) is 3.51. The van der Waals surface area contributed by atoms with E-state index in [1.54, 1.807) is 6.20 Å². The van der Waals surface area contributed by atoms with Crippen molar-refractivity contribution in [3.05, 3.63) is 42.1 Å². The van der Waals surface area contributed by atoms with Crippen molar-refractivity contribution < 1.29 is 4.79 Å². The van der Waals surface area contributed by atoms with Crippen molar-refractivity contribution in [1.82, 2.24) is 4.90 Å². The van der Waals surface area contributed by atoms with Crippen molar-refractivity contribution in [2.45, 2.75) is 26.7 Å². The van der Waals surface area contributed by atoms with Gasteiger partial charge in [0.15, 0.2) is 0 Å². The molecule has 0 saturated heterocycles. The standard InChI is InChI=1S/C16H22N2O/c1-4-17-15-9-6-12(3)10-14(15)16(19)18(5-2)11-13-7-8-13/h4,6,9-10,13,17H,1,5,7-8,11H2,2-3H3. The van der Waals surface area contributed by atoms with Crippen LogP contribution in [0.5, 0.6) is 0 Å². The molecule has 1 aromatic rings. The molecule has 1 aromatic carbocycles. The van der Waals surface area contributed by atoms with Crippen LogP contribution in [-0.4, -0.2) is 23.9 Å². The third kappa shape index (κ3) is 3.37. The summed E-state index contributed by atoms with van der Waals surface area (Å²) < 4.78 is 0. The van der Waals surface area contributed by atoms with Crippen LogP contribution in [0.15, 0.2) is 31.0 Å². The van der Waals surface area contributed by atoms with Crippen molar-refractivity contribution in [2.24, 2.45) is 5.92 Å². The van der Waals surface area contributed by atoms with Gasteiger partial charge in [0.25, 0.3) is 5.91 Å². The van der Waals surface area contributed by atoms with Crippen LogP contribution < -0.4 is 5.32 Å². The van der Waals surface area contributed by atoms with Gasteiger partial charge in [0.05, 0.1) is 11.3 Å². The maximum atomic E-state index is 12.6. The van der Waals surface area contributed by atoms with Crippen LogP contribution in [0.2, 0.25) is 0 Å². The Morgan fingerprint density at radius 2 is 2.26 bits per heavy atom. The fourth-order valence-electron chi connectivity index (χ4n) is 2.21. The normalized spacial score (nSPS) is 14.0. The Labute approximate surface area is 115 Å². The topological polar surface area (TPSA) is 32.3 Å². The lowest BCUT2D eigenvalue weighted by Gasteiger charge is -2.22. The molecule has 0 radical (unpaired) electrons. The van der Waals surface area contributed by atoms with Gasteiger partial charge in [-0.1, -0.05) is 18.2 Å². The first-order valence-corrected chi connectivity index (χ1v) is 6.93. The molecular weight excluding hydrogens is 236 g/mol. The molecule has 0 spiro atoms. The molecule has 3 nitrogen and oxygen atoms in total. The summed E-state index contributed by atoms with van der Waals surface area (Å²) in [5, 5.41) is 3.05. The van der Waals surface area contributed by atoms with E-state index in [2.05, 4.69) is 11.9 Å². The van der Waals surface area contributed by atoms with Crippen LogP contribution in [0, 0.1) is 12.8 Å². The molecule has 0 aliphatic heterocycles. The molecule has 0 bridgehead atoms. The molecule has 19 heavy (non-hydrogen) atoms. The Bertz CT molecular complexity index is 478. The van der Waals surface area contributed by atoms with Crippen LogP contribution in [-0.2, 0) is 0 Å². The Balaban J connectivity index is 2.23. The number of aryl methyl sites for hydroxylation is 1. The summed E-state index contributed by atoms with van der Waals surface area (Å²) in [7, 11) is 0. The summed E-state index contributed by atoms with van der Waals surface area (Å²) in [5.74, 6) is 0.826. The van der Waals surface area contributed by atoms with Crippen molar-refractivity contribution in [3.63, 3.8) is 0 Å². The number of carbonyl (C=O) groups excluding carboxylic acids is 1.